The molecule has 0 saturated carbocycles. The Labute approximate surface area is 61.1 Å². The van der Waals surface area contributed by atoms with Crippen LogP contribution in [0.1, 0.15) is 19.5 Å². The van der Waals surface area contributed by atoms with Crippen LogP contribution in [0, 0.1) is 6.92 Å². The van der Waals surface area contributed by atoms with Crippen LogP contribution in [0.3, 0.4) is 0 Å². The van der Waals surface area contributed by atoms with Gasteiger partial charge in [0.15, 0.2) is 0 Å². The van der Waals surface area contributed by atoms with E-state index in [4.69, 9.17) is 0 Å². The van der Waals surface area contributed by atoms with Crippen LogP contribution in [0.5, 0.6) is 0 Å². The monoisotopic (exact) mass is 144 g/mol. The lowest BCUT2D eigenvalue weighted by atomic mass is 10.6. The first-order chi connectivity index (χ1) is 4.30. The molecule has 1 aromatic rings. The van der Waals surface area contributed by atoms with Crippen LogP contribution in [0.4, 0.5) is 0 Å². The summed E-state index contributed by atoms with van der Waals surface area (Å²) in [5.74, 6) is 0. The van der Waals surface area contributed by atoms with Gasteiger partial charge < -0.3 is 4.98 Å². The summed E-state index contributed by atoms with van der Waals surface area (Å²) < 4.78 is 0. The third-order valence-electron chi connectivity index (χ3n) is 0.803. The van der Waals surface area contributed by atoms with Gasteiger partial charge in [-0.25, -0.2) is 4.98 Å². The lowest BCUT2D eigenvalue weighted by Gasteiger charge is -1.78. The first-order valence-corrected chi connectivity index (χ1v) is 3.44. The van der Waals surface area contributed by atoms with Crippen molar-refractivity contribution in [3.63, 3.8) is 0 Å². The van der Waals surface area contributed by atoms with E-state index in [1.54, 1.807) is 6.33 Å². The molecule has 0 aromatic carbocycles. The number of thiol groups is 1. The van der Waals surface area contributed by atoms with Crippen LogP contribution in [0.15, 0.2) is 11.4 Å². The van der Waals surface area contributed by atoms with Crippen molar-refractivity contribution in [3.8, 4) is 0 Å². The van der Waals surface area contributed by atoms with Crippen molar-refractivity contribution in [3.05, 3.63) is 12.0 Å². The number of aromatic amines is 1. The molecule has 3 heteroatoms. The molecule has 1 N–H and O–H groups in total. The minimum atomic E-state index is 0.778. The van der Waals surface area contributed by atoms with Crippen molar-refractivity contribution < 1.29 is 0 Å². The molecule has 52 valence electrons. The minimum Gasteiger partial charge on any atom is -0.348 e. The molecular weight excluding hydrogens is 132 g/mol. The quantitative estimate of drug-likeness (QED) is 0.536. The average molecular weight is 144 g/mol. The Bertz CT molecular complexity index is 143. The highest BCUT2D eigenvalue weighted by atomic mass is 32.1. The molecule has 9 heavy (non-hydrogen) atoms. The van der Waals surface area contributed by atoms with Crippen molar-refractivity contribution in [2.24, 2.45) is 0 Å². The first kappa shape index (κ1) is 8.56. The second kappa shape index (κ2) is 4.44. The third-order valence-corrected chi connectivity index (χ3v) is 1.25. The summed E-state index contributed by atoms with van der Waals surface area (Å²) in [6, 6.07) is 0. The molecule has 1 rings (SSSR count). The fourth-order valence-electron chi connectivity index (χ4n) is 0.352. The molecule has 0 bridgehead atoms. The predicted octanol–water partition coefficient (Wildman–Crippen LogP) is 2.03. The summed E-state index contributed by atoms with van der Waals surface area (Å²) in [5, 5.41) is 0.778. The number of imidazole rings is 1. The van der Waals surface area contributed by atoms with E-state index in [0.29, 0.717) is 0 Å². The van der Waals surface area contributed by atoms with Crippen LogP contribution in [-0.2, 0) is 0 Å². The molecule has 0 aliphatic heterocycles. The topological polar surface area (TPSA) is 28.7 Å². The van der Waals surface area contributed by atoms with E-state index in [0.717, 1.165) is 10.7 Å². The Hall–Kier alpha value is -0.440. The Morgan fingerprint density at radius 1 is 1.56 bits per heavy atom. The number of H-pyrrole nitrogens is 1. The maximum atomic E-state index is 4.01. The van der Waals surface area contributed by atoms with Gasteiger partial charge in [0.05, 0.1) is 6.33 Å². The first-order valence-electron chi connectivity index (χ1n) is 2.99. The zero-order chi connectivity index (χ0) is 7.28. The summed E-state index contributed by atoms with van der Waals surface area (Å²) >= 11 is 4.01. The van der Waals surface area contributed by atoms with Gasteiger partial charge in [-0.3, -0.25) is 0 Å². The number of nitrogens with one attached hydrogen (secondary N) is 1. The van der Waals surface area contributed by atoms with Gasteiger partial charge in [0.2, 0.25) is 0 Å². The smallest absolute Gasteiger partial charge is 0.114 e. The highest BCUT2D eigenvalue weighted by molar-refractivity contribution is 7.80. The molecule has 0 aliphatic rings. The van der Waals surface area contributed by atoms with Crippen molar-refractivity contribution in [2.45, 2.75) is 25.8 Å². The highest BCUT2D eigenvalue weighted by Gasteiger charge is 1.88. The van der Waals surface area contributed by atoms with E-state index in [1.165, 1.54) is 0 Å². The Kier molecular flexibility index (Phi) is 4.22. The van der Waals surface area contributed by atoms with Crippen LogP contribution in [0.25, 0.3) is 0 Å². The number of aromatic nitrogens is 2. The van der Waals surface area contributed by atoms with Gasteiger partial charge in [-0.1, -0.05) is 13.8 Å². The van der Waals surface area contributed by atoms with E-state index in [9.17, 15) is 0 Å². The number of nitrogens with zero attached hydrogens (tertiary/aromatic N) is 1. The normalized spacial score (nSPS) is 8.00. The standard InChI is InChI=1S/C4H6N2S.C2H6/c1-3-4(7)6-2-5-3;1-2/h2,7H,1H3,(H,5,6);1-2H3. The summed E-state index contributed by atoms with van der Waals surface area (Å²) in [4.78, 5) is 6.71. The second-order valence-corrected chi connectivity index (χ2v) is 1.77. The number of hydrogen-bond acceptors (Lipinski definition) is 2. The molecule has 0 atom stereocenters. The zero-order valence-corrected chi connectivity index (χ0v) is 6.87. The van der Waals surface area contributed by atoms with Gasteiger partial charge in [0.1, 0.15) is 5.03 Å². The van der Waals surface area contributed by atoms with Gasteiger partial charge in [-0.15, -0.1) is 12.6 Å². The summed E-state index contributed by atoms with van der Waals surface area (Å²) in [7, 11) is 0. The minimum absolute atomic E-state index is 0.778. The van der Waals surface area contributed by atoms with Gasteiger partial charge >= 0.3 is 0 Å². The molecule has 0 saturated heterocycles. The number of rotatable bonds is 0. The van der Waals surface area contributed by atoms with Crippen LogP contribution >= 0.6 is 12.6 Å². The number of hydrogen-bond donors (Lipinski definition) is 2. The van der Waals surface area contributed by atoms with Crippen LogP contribution in [0.2, 0.25) is 0 Å². The van der Waals surface area contributed by atoms with Crippen molar-refractivity contribution in [1.82, 2.24) is 9.97 Å². The lowest BCUT2D eigenvalue weighted by Crippen LogP contribution is -1.66. The largest absolute Gasteiger partial charge is 0.348 e. The summed E-state index contributed by atoms with van der Waals surface area (Å²) in [6.45, 7) is 5.93. The molecule has 0 amide bonds. The molecule has 2 nitrogen and oxygen atoms in total. The molecule has 0 fully saturated rings. The van der Waals surface area contributed by atoms with Gasteiger partial charge in [-0.2, -0.15) is 0 Å². The Balaban J connectivity index is 0.000000291. The van der Waals surface area contributed by atoms with Gasteiger partial charge in [0.25, 0.3) is 0 Å². The van der Waals surface area contributed by atoms with E-state index >= 15 is 0 Å². The molecule has 1 aromatic heterocycles. The zero-order valence-electron chi connectivity index (χ0n) is 5.97. The van der Waals surface area contributed by atoms with Crippen molar-refractivity contribution in [1.29, 1.82) is 0 Å². The molecular formula is C6H12N2S. The Morgan fingerprint density at radius 3 is 2.22 bits per heavy atom. The van der Waals surface area contributed by atoms with E-state index in [2.05, 4.69) is 22.6 Å². The fraction of sp³-hybridized carbons (Fsp3) is 0.500. The molecule has 1 heterocycles. The molecule has 0 unspecified atom stereocenters. The summed E-state index contributed by atoms with van der Waals surface area (Å²) in [5.41, 5.74) is 1.02. The van der Waals surface area contributed by atoms with E-state index < -0.39 is 0 Å². The summed E-state index contributed by atoms with van der Waals surface area (Å²) in [6.07, 6.45) is 1.62. The maximum Gasteiger partial charge on any atom is 0.114 e. The van der Waals surface area contributed by atoms with Gasteiger partial charge in [0, 0.05) is 5.69 Å². The van der Waals surface area contributed by atoms with E-state index in [-0.39, 0.29) is 0 Å². The molecule has 0 spiro atoms. The second-order valence-electron chi connectivity index (χ2n) is 1.35. The predicted molar refractivity (Wildman–Crippen MR) is 41.9 cm³/mol. The van der Waals surface area contributed by atoms with Crippen LogP contribution in [-0.4, -0.2) is 9.97 Å². The van der Waals surface area contributed by atoms with Crippen molar-refractivity contribution in [2.75, 3.05) is 0 Å². The van der Waals surface area contributed by atoms with Crippen molar-refractivity contribution >= 4 is 12.6 Å². The number of aryl methyl sites for hydroxylation is 1. The third kappa shape index (κ3) is 2.56. The highest BCUT2D eigenvalue weighted by Crippen LogP contribution is 2.02. The SMILES string of the molecule is CC.Cc1[nH]cnc1S. The molecule has 0 aliphatic carbocycles. The average Bonchev–Trinajstić information content (AvgIpc) is 2.23. The lowest BCUT2D eigenvalue weighted by molar-refractivity contribution is 1.16. The molecule has 0 radical (unpaired) electrons. The van der Waals surface area contributed by atoms with E-state index in [1.807, 2.05) is 20.8 Å². The maximum absolute atomic E-state index is 4.01. The fourth-order valence-corrected chi connectivity index (χ4v) is 0.474. The Morgan fingerprint density at radius 2 is 2.11 bits per heavy atom. The van der Waals surface area contributed by atoms with Crippen LogP contribution < -0.4 is 0 Å². The van der Waals surface area contributed by atoms with Gasteiger partial charge in [-0.05, 0) is 6.92 Å².